The van der Waals surface area contributed by atoms with Gasteiger partial charge >= 0.3 is 6.09 Å². The van der Waals surface area contributed by atoms with Crippen LogP contribution in [-0.2, 0) is 11.3 Å². The van der Waals surface area contributed by atoms with Crippen LogP contribution in [0.15, 0.2) is 85.1 Å². The van der Waals surface area contributed by atoms with E-state index in [0.29, 0.717) is 38.3 Å². The van der Waals surface area contributed by atoms with Crippen molar-refractivity contribution in [3.05, 3.63) is 96.4 Å². The lowest BCUT2D eigenvalue weighted by Crippen LogP contribution is -2.49. The highest BCUT2D eigenvalue weighted by atomic mass is 19.1. The minimum Gasteiger partial charge on any atom is -0.444 e. The predicted octanol–water partition coefficient (Wildman–Crippen LogP) is 6.40. The number of nitrogens with zero attached hydrogens (tertiary/aromatic N) is 4. The predicted molar refractivity (Wildman–Crippen MR) is 147 cm³/mol. The highest BCUT2D eigenvalue weighted by Crippen LogP contribution is 2.31. The molecule has 1 saturated heterocycles. The van der Waals surface area contributed by atoms with Gasteiger partial charge in [-0.2, -0.15) is 5.10 Å². The third-order valence-electron chi connectivity index (χ3n) is 6.61. The van der Waals surface area contributed by atoms with Gasteiger partial charge in [0.15, 0.2) is 0 Å². The van der Waals surface area contributed by atoms with E-state index in [1.807, 2.05) is 68.0 Å². The average molecular weight is 513 g/mol. The fraction of sp³-hybridized carbons (Fsp3) is 0.290. The average Bonchev–Trinajstić information content (AvgIpc) is 3.32. The van der Waals surface area contributed by atoms with Gasteiger partial charge in [-0.3, -0.25) is 4.90 Å². The van der Waals surface area contributed by atoms with Crippen molar-refractivity contribution in [3.63, 3.8) is 0 Å². The van der Waals surface area contributed by atoms with E-state index in [2.05, 4.69) is 29.2 Å². The lowest BCUT2D eigenvalue weighted by atomic mass is 10.0. The van der Waals surface area contributed by atoms with E-state index in [9.17, 15) is 4.79 Å². The van der Waals surface area contributed by atoms with Crippen molar-refractivity contribution in [2.45, 2.75) is 32.9 Å². The molecule has 0 radical (unpaired) electrons. The summed E-state index contributed by atoms with van der Waals surface area (Å²) in [4.78, 5) is 16.5. The van der Waals surface area contributed by atoms with Gasteiger partial charge in [-0.1, -0.05) is 54.6 Å². The number of amides is 1. The third-order valence-corrected chi connectivity index (χ3v) is 6.61. The van der Waals surface area contributed by atoms with E-state index in [4.69, 9.17) is 9.84 Å². The van der Waals surface area contributed by atoms with Gasteiger partial charge < -0.3 is 9.64 Å². The smallest absolute Gasteiger partial charge is 0.410 e. The van der Waals surface area contributed by atoms with E-state index in [-0.39, 0.29) is 11.9 Å². The van der Waals surface area contributed by atoms with E-state index in [1.165, 1.54) is 6.07 Å². The van der Waals surface area contributed by atoms with E-state index < -0.39 is 5.60 Å². The van der Waals surface area contributed by atoms with Crippen LogP contribution >= 0.6 is 0 Å². The summed E-state index contributed by atoms with van der Waals surface area (Å²) in [6, 6.07) is 25.2. The van der Waals surface area contributed by atoms with Crippen molar-refractivity contribution < 1.29 is 13.9 Å². The first-order chi connectivity index (χ1) is 18.3. The van der Waals surface area contributed by atoms with Crippen LogP contribution in [0.25, 0.3) is 28.1 Å². The van der Waals surface area contributed by atoms with Gasteiger partial charge in [0.2, 0.25) is 0 Å². The molecule has 1 fully saturated rings. The van der Waals surface area contributed by atoms with Crippen molar-refractivity contribution in [3.8, 4) is 28.1 Å². The quantitative estimate of drug-likeness (QED) is 0.311. The minimum atomic E-state index is -0.517. The normalized spacial score (nSPS) is 14.5. The second kappa shape index (κ2) is 10.8. The Bertz CT molecular complexity index is 1390. The van der Waals surface area contributed by atoms with Gasteiger partial charge in [-0.05, 0) is 56.2 Å². The molecule has 5 rings (SSSR count). The maximum atomic E-state index is 15.1. The van der Waals surface area contributed by atoms with Crippen molar-refractivity contribution in [2.24, 2.45) is 0 Å². The Morgan fingerprint density at radius 2 is 1.50 bits per heavy atom. The summed E-state index contributed by atoms with van der Waals surface area (Å²) >= 11 is 0. The minimum absolute atomic E-state index is 0.282. The molecule has 0 spiro atoms. The number of hydrogen-bond donors (Lipinski definition) is 0. The summed E-state index contributed by atoms with van der Waals surface area (Å²) in [7, 11) is 0. The molecule has 2 heterocycles. The second-order valence-corrected chi connectivity index (χ2v) is 10.6. The van der Waals surface area contributed by atoms with Gasteiger partial charge in [0.05, 0.1) is 17.6 Å². The Labute approximate surface area is 223 Å². The van der Waals surface area contributed by atoms with E-state index in [0.717, 1.165) is 28.1 Å². The van der Waals surface area contributed by atoms with Crippen LogP contribution in [0, 0.1) is 5.82 Å². The fourth-order valence-electron chi connectivity index (χ4n) is 4.72. The lowest BCUT2D eigenvalue weighted by molar-refractivity contribution is 0.0139. The summed E-state index contributed by atoms with van der Waals surface area (Å²) in [5, 5.41) is 4.69. The second-order valence-electron chi connectivity index (χ2n) is 10.6. The number of carbonyl (C=O) groups is 1. The monoisotopic (exact) mass is 512 g/mol. The molecule has 1 aliphatic rings. The first-order valence-corrected chi connectivity index (χ1v) is 13.0. The standard InChI is InChI=1S/C31H33FN4O2/c1-31(2,3)38-30(37)35-19-17-34(18-20-35)22-25-21-33-36(29(25)27-11-7-8-12-28(27)32)26-15-13-24(14-16-26)23-9-5-4-6-10-23/h4-16,21H,17-20,22H2,1-3H3. The molecule has 0 unspecified atom stereocenters. The Hall–Kier alpha value is -3.97. The first-order valence-electron chi connectivity index (χ1n) is 13.0. The molecule has 1 aromatic heterocycles. The Morgan fingerprint density at radius 3 is 2.16 bits per heavy atom. The zero-order chi connectivity index (χ0) is 26.7. The molecule has 1 aliphatic heterocycles. The summed E-state index contributed by atoms with van der Waals surface area (Å²) in [5.41, 5.74) is 4.79. The van der Waals surface area contributed by atoms with E-state index >= 15 is 4.39 Å². The number of halogens is 1. The summed E-state index contributed by atoms with van der Waals surface area (Å²) in [5.74, 6) is -0.286. The van der Waals surface area contributed by atoms with Gasteiger partial charge in [-0.15, -0.1) is 0 Å². The van der Waals surface area contributed by atoms with Crippen molar-refractivity contribution in [2.75, 3.05) is 26.2 Å². The lowest BCUT2D eigenvalue weighted by Gasteiger charge is -2.35. The van der Waals surface area contributed by atoms with Gasteiger partial charge in [-0.25, -0.2) is 13.9 Å². The number of ether oxygens (including phenoxy) is 1. The van der Waals surface area contributed by atoms with Crippen LogP contribution in [0.2, 0.25) is 0 Å². The topological polar surface area (TPSA) is 50.6 Å². The van der Waals surface area contributed by atoms with Gasteiger partial charge in [0.25, 0.3) is 0 Å². The zero-order valence-electron chi connectivity index (χ0n) is 22.1. The summed E-state index contributed by atoms with van der Waals surface area (Å²) in [6.07, 6.45) is 1.54. The number of benzene rings is 3. The molecule has 4 aromatic rings. The molecule has 0 saturated carbocycles. The van der Waals surface area contributed by atoms with Gasteiger partial charge in [0.1, 0.15) is 11.4 Å². The van der Waals surface area contributed by atoms with Crippen LogP contribution in [0.4, 0.5) is 9.18 Å². The zero-order valence-corrected chi connectivity index (χ0v) is 22.1. The van der Waals surface area contributed by atoms with E-state index in [1.54, 1.807) is 17.0 Å². The highest BCUT2D eigenvalue weighted by molar-refractivity contribution is 5.69. The van der Waals surface area contributed by atoms with Crippen molar-refractivity contribution in [1.82, 2.24) is 19.6 Å². The van der Waals surface area contributed by atoms with Crippen LogP contribution in [0.1, 0.15) is 26.3 Å². The molecule has 6 nitrogen and oxygen atoms in total. The van der Waals surface area contributed by atoms with Crippen LogP contribution in [-0.4, -0.2) is 57.5 Å². The molecule has 38 heavy (non-hydrogen) atoms. The number of hydrogen-bond acceptors (Lipinski definition) is 4. The van der Waals surface area contributed by atoms with Crippen LogP contribution in [0.3, 0.4) is 0 Å². The SMILES string of the molecule is CC(C)(C)OC(=O)N1CCN(Cc2cnn(-c3ccc(-c4ccccc4)cc3)c2-c2ccccc2F)CC1. The first kappa shape index (κ1) is 25.7. The molecule has 0 N–H and O–H groups in total. The highest BCUT2D eigenvalue weighted by Gasteiger charge is 2.27. The molecule has 0 atom stereocenters. The van der Waals surface area contributed by atoms with Crippen molar-refractivity contribution >= 4 is 6.09 Å². The largest absolute Gasteiger partial charge is 0.444 e. The molecule has 0 aliphatic carbocycles. The van der Waals surface area contributed by atoms with Crippen LogP contribution in [0.5, 0.6) is 0 Å². The number of aromatic nitrogens is 2. The molecule has 1 amide bonds. The molecular weight excluding hydrogens is 479 g/mol. The van der Waals surface area contributed by atoms with Crippen LogP contribution < -0.4 is 0 Å². The number of piperazine rings is 1. The maximum Gasteiger partial charge on any atom is 0.410 e. The van der Waals surface area contributed by atoms with Crippen molar-refractivity contribution in [1.29, 1.82) is 0 Å². The molecule has 3 aromatic carbocycles. The Morgan fingerprint density at radius 1 is 0.868 bits per heavy atom. The third kappa shape index (κ3) is 5.78. The fourth-order valence-corrected chi connectivity index (χ4v) is 4.72. The molecule has 196 valence electrons. The maximum absolute atomic E-state index is 15.1. The summed E-state index contributed by atoms with van der Waals surface area (Å²) < 4.78 is 22.4. The number of carbonyl (C=O) groups excluding carboxylic acids is 1. The Balaban J connectivity index is 1.39. The molecule has 0 bridgehead atoms. The Kier molecular flexibility index (Phi) is 7.29. The van der Waals surface area contributed by atoms with Gasteiger partial charge in [0, 0.05) is 43.9 Å². The molecular formula is C31H33FN4O2. The summed E-state index contributed by atoms with van der Waals surface area (Å²) in [6.45, 7) is 8.79. The molecule has 7 heteroatoms. The number of rotatable bonds is 5.